The second-order valence-electron chi connectivity index (χ2n) is 6.68. The van der Waals surface area contributed by atoms with Crippen LogP contribution in [0.15, 0.2) is 35.4 Å². The van der Waals surface area contributed by atoms with Gasteiger partial charge in [-0.3, -0.25) is 0 Å². The molecule has 1 aliphatic rings. The molecule has 1 saturated carbocycles. The Morgan fingerprint density at radius 2 is 1.91 bits per heavy atom. The lowest BCUT2D eigenvalue weighted by Crippen LogP contribution is -2.51. The number of benzene rings is 1. The van der Waals surface area contributed by atoms with Crippen LogP contribution >= 0.6 is 0 Å². The first-order valence-corrected chi connectivity index (χ1v) is 9.30. The summed E-state index contributed by atoms with van der Waals surface area (Å²) in [5.41, 5.74) is 0.832. The summed E-state index contributed by atoms with van der Waals surface area (Å²) in [6, 6.07) is 6.92. The zero-order chi connectivity index (χ0) is 17.0. The molecule has 0 N–H and O–H groups in total. The van der Waals surface area contributed by atoms with E-state index in [0.29, 0.717) is 4.90 Å². The highest BCUT2D eigenvalue weighted by Crippen LogP contribution is 2.35. The molecule has 0 spiro atoms. The van der Waals surface area contributed by atoms with Crippen LogP contribution in [0.1, 0.15) is 19.8 Å². The van der Waals surface area contributed by atoms with Gasteiger partial charge in [0.2, 0.25) is 0 Å². The Hall–Kier alpha value is -1.20. The average molecular weight is 326 g/mol. The van der Waals surface area contributed by atoms with Gasteiger partial charge in [-0.05, 0) is 63.5 Å². The fourth-order valence-corrected chi connectivity index (χ4v) is 4.51. The number of nitrogens with zero attached hydrogens (tertiary/aromatic N) is 2. The maximum atomic E-state index is 12.4. The van der Waals surface area contributed by atoms with Gasteiger partial charge in [-0.1, -0.05) is 0 Å². The van der Waals surface area contributed by atoms with Crippen molar-refractivity contribution in [1.29, 1.82) is 0 Å². The van der Waals surface area contributed by atoms with E-state index >= 15 is 0 Å². The number of likely N-dealkylation sites (N-methyl/N-ethyl adjacent to an activating group) is 1. The van der Waals surface area contributed by atoms with Crippen molar-refractivity contribution in [3.05, 3.63) is 30.5 Å². The molecule has 3 rings (SSSR count). The van der Waals surface area contributed by atoms with Crippen molar-refractivity contribution in [3.63, 3.8) is 0 Å². The molecule has 23 heavy (non-hydrogen) atoms. The highest BCUT2D eigenvalue weighted by molar-refractivity contribution is 7.92. The highest BCUT2D eigenvalue weighted by Gasteiger charge is 2.37. The third-order valence-electron chi connectivity index (χ3n) is 4.81. The van der Waals surface area contributed by atoms with Gasteiger partial charge < -0.3 is 9.47 Å². The summed E-state index contributed by atoms with van der Waals surface area (Å²) in [5.74, 6) is 0. The van der Waals surface area contributed by atoms with Gasteiger partial charge in [-0.15, -0.1) is 0 Å². The van der Waals surface area contributed by atoms with Crippen molar-refractivity contribution >= 4 is 36.4 Å². The van der Waals surface area contributed by atoms with Gasteiger partial charge in [0.1, 0.15) is 0 Å². The first kappa shape index (κ1) is 16.7. The Labute approximate surface area is 140 Å². The van der Waals surface area contributed by atoms with Gasteiger partial charge in [0.25, 0.3) is 0 Å². The van der Waals surface area contributed by atoms with Crippen molar-refractivity contribution < 1.29 is 8.42 Å². The summed E-state index contributed by atoms with van der Waals surface area (Å²) in [6.45, 7) is 1.96. The molecule has 0 amide bonds. The molecule has 1 aromatic carbocycles. The van der Waals surface area contributed by atoms with Gasteiger partial charge in [-0.25, -0.2) is 8.42 Å². The van der Waals surface area contributed by atoms with Crippen LogP contribution in [0.5, 0.6) is 0 Å². The van der Waals surface area contributed by atoms with Crippen LogP contribution in [-0.4, -0.2) is 59.0 Å². The summed E-state index contributed by atoms with van der Waals surface area (Å²) in [5, 5.41) is -0.473. The van der Waals surface area contributed by atoms with E-state index in [-0.39, 0.29) is 11.3 Å². The quantitative estimate of drug-likeness (QED) is 0.782. The molecule has 0 aliphatic heterocycles. The third kappa shape index (κ3) is 2.74. The highest BCUT2D eigenvalue weighted by atomic mass is 32.2. The summed E-state index contributed by atoms with van der Waals surface area (Å²) >= 11 is 0. The zero-order valence-electron chi connectivity index (χ0n) is 13.7. The van der Waals surface area contributed by atoms with Crippen molar-refractivity contribution in [2.45, 2.75) is 41.3 Å². The summed E-state index contributed by atoms with van der Waals surface area (Å²) < 4.78 is 26.6. The smallest absolute Gasteiger partial charge is 0.181 e. The normalized spacial score (nSPS) is 17.7. The Kier molecular flexibility index (Phi) is 3.92. The maximum absolute atomic E-state index is 12.4. The molecule has 0 saturated heterocycles. The molecular weight excluding hydrogens is 306 g/mol. The molecule has 4 radical (unpaired) electrons. The Morgan fingerprint density at radius 1 is 1.26 bits per heavy atom. The van der Waals surface area contributed by atoms with E-state index in [4.69, 9.17) is 15.7 Å². The van der Waals surface area contributed by atoms with Gasteiger partial charge in [0.05, 0.1) is 25.8 Å². The van der Waals surface area contributed by atoms with E-state index in [1.807, 2.05) is 38.2 Å². The predicted octanol–water partition coefficient (Wildman–Crippen LogP) is 1.47. The standard InChI is InChI=1S/C16H20B2N2O2S/c1-11(19(2)3)16(17,18)20-9-8-12-10-14(6-7-15(12)20)23(21,22)13-4-5-13/h6-11,13H,4-5H2,1-3H3/t11-/m1/s1. The van der Waals surface area contributed by atoms with Crippen LogP contribution in [0, 0.1) is 0 Å². The summed E-state index contributed by atoms with van der Waals surface area (Å²) in [6.07, 6.45) is 3.34. The van der Waals surface area contributed by atoms with Crippen molar-refractivity contribution in [2.24, 2.45) is 0 Å². The number of aromatic nitrogens is 1. The van der Waals surface area contributed by atoms with Gasteiger partial charge >= 0.3 is 0 Å². The van der Waals surface area contributed by atoms with E-state index in [2.05, 4.69) is 0 Å². The molecule has 1 fully saturated rings. The molecule has 1 aliphatic carbocycles. The van der Waals surface area contributed by atoms with E-state index in [1.165, 1.54) is 0 Å². The topological polar surface area (TPSA) is 42.3 Å². The van der Waals surface area contributed by atoms with Crippen LogP contribution < -0.4 is 0 Å². The zero-order valence-corrected chi connectivity index (χ0v) is 14.5. The molecule has 4 nitrogen and oxygen atoms in total. The van der Waals surface area contributed by atoms with Crippen LogP contribution in [-0.2, 0) is 15.2 Å². The predicted molar refractivity (Wildman–Crippen MR) is 94.8 cm³/mol. The molecule has 118 valence electrons. The SMILES string of the molecule is [B]C([B])([C@@H](C)N(C)C)n1ccc2cc(S(=O)(=O)C3CC3)ccc21. The molecule has 1 aromatic heterocycles. The average Bonchev–Trinajstić information content (AvgIpc) is 3.25. The van der Waals surface area contributed by atoms with Crippen molar-refractivity contribution in [2.75, 3.05) is 14.1 Å². The molecule has 7 heteroatoms. The molecule has 0 bridgehead atoms. The second-order valence-corrected chi connectivity index (χ2v) is 8.91. The minimum Gasteiger partial charge on any atom is -0.358 e. The molecule has 2 aromatic rings. The van der Waals surface area contributed by atoms with Gasteiger partial charge in [-0.2, -0.15) is 0 Å². The molecular formula is C16H20B2N2O2S. The minimum atomic E-state index is -3.19. The number of rotatable bonds is 5. The lowest BCUT2D eigenvalue weighted by molar-refractivity contribution is 0.254. The molecule has 1 atom stereocenters. The van der Waals surface area contributed by atoms with Crippen molar-refractivity contribution in [3.8, 4) is 0 Å². The van der Waals surface area contributed by atoms with Gasteiger partial charge in [0.15, 0.2) is 9.84 Å². The number of fused-ring (bicyclic) bond motifs is 1. The fraction of sp³-hybridized carbons (Fsp3) is 0.500. The van der Waals surface area contributed by atoms with Crippen LogP contribution in [0.25, 0.3) is 10.9 Å². The van der Waals surface area contributed by atoms with Crippen molar-refractivity contribution in [1.82, 2.24) is 9.47 Å². The lowest BCUT2D eigenvalue weighted by Gasteiger charge is -2.39. The number of hydrogen-bond acceptors (Lipinski definition) is 3. The minimum absolute atomic E-state index is 0.104. The number of hydrogen-bond donors (Lipinski definition) is 0. The van der Waals surface area contributed by atoms with E-state index in [9.17, 15) is 8.42 Å². The number of sulfone groups is 1. The monoisotopic (exact) mass is 326 g/mol. The summed E-state index contributed by atoms with van der Waals surface area (Å²) in [4.78, 5) is 2.34. The third-order valence-corrected chi connectivity index (χ3v) is 7.07. The Bertz CT molecular complexity index is 839. The summed E-state index contributed by atoms with van der Waals surface area (Å²) in [7, 11) is 13.4. The van der Waals surface area contributed by atoms with E-state index in [1.54, 1.807) is 22.8 Å². The van der Waals surface area contributed by atoms with Crippen LogP contribution in [0.2, 0.25) is 0 Å². The van der Waals surface area contributed by atoms with Crippen LogP contribution in [0.3, 0.4) is 0 Å². The first-order chi connectivity index (χ1) is 10.7. The lowest BCUT2D eigenvalue weighted by atomic mass is 9.57. The van der Waals surface area contributed by atoms with Gasteiger partial charge in [0, 0.05) is 23.1 Å². The largest absolute Gasteiger partial charge is 0.358 e. The van der Waals surface area contributed by atoms with E-state index < -0.39 is 15.2 Å². The van der Waals surface area contributed by atoms with Crippen LogP contribution in [0.4, 0.5) is 0 Å². The molecule has 0 unspecified atom stereocenters. The van der Waals surface area contributed by atoms with E-state index in [0.717, 1.165) is 23.7 Å². The molecule has 1 heterocycles. The fourth-order valence-electron chi connectivity index (χ4n) is 2.82. The maximum Gasteiger partial charge on any atom is 0.181 e. The second kappa shape index (κ2) is 5.42. The first-order valence-electron chi connectivity index (χ1n) is 7.75. The Balaban J connectivity index is 2.06. The Morgan fingerprint density at radius 3 is 2.48 bits per heavy atom.